The summed E-state index contributed by atoms with van der Waals surface area (Å²) in [6, 6.07) is 5.94. The zero-order valence-electron chi connectivity index (χ0n) is 11.0. The highest BCUT2D eigenvalue weighted by Crippen LogP contribution is 2.24. The molecule has 0 spiro atoms. The Morgan fingerprint density at radius 3 is 2.71 bits per heavy atom. The van der Waals surface area contributed by atoms with Gasteiger partial charge in [0, 0.05) is 13.1 Å². The molecule has 1 rings (SSSR count). The predicted octanol–water partition coefficient (Wildman–Crippen LogP) is 1.34. The number of nitrogens with zero attached hydrogens (tertiary/aromatic N) is 1. The van der Waals surface area contributed by atoms with Gasteiger partial charge in [-0.25, -0.2) is 0 Å². The first-order valence-corrected chi connectivity index (χ1v) is 5.74. The lowest BCUT2D eigenvalue weighted by molar-refractivity contribution is 0.148. The van der Waals surface area contributed by atoms with Gasteiger partial charge in [-0.15, -0.1) is 0 Å². The van der Waals surface area contributed by atoms with Crippen molar-refractivity contribution >= 4 is 5.69 Å². The minimum Gasteiger partial charge on any atom is -0.495 e. The van der Waals surface area contributed by atoms with Crippen molar-refractivity contribution in [2.45, 2.75) is 13.0 Å². The maximum atomic E-state index is 9.77. The smallest absolute Gasteiger partial charge is 0.141 e. The van der Waals surface area contributed by atoms with Crippen molar-refractivity contribution in [3.63, 3.8) is 0 Å². The van der Waals surface area contributed by atoms with Crippen LogP contribution in [-0.2, 0) is 0 Å². The average Bonchev–Trinajstić information content (AvgIpc) is 2.25. The van der Waals surface area contributed by atoms with Crippen LogP contribution in [-0.4, -0.2) is 50.4 Å². The number of rotatable bonds is 6. The van der Waals surface area contributed by atoms with Crippen LogP contribution in [0.25, 0.3) is 0 Å². The summed E-state index contributed by atoms with van der Waals surface area (Å²) < 4.78 is 5.26. The van der Waals surface area contributed by atoms with Crippen LogP contribution in [0.15, 0.2) is 18.2 Å². The third kappa shape index (κ3) is 4.63. The van der Waals surface area contributed by atoms with Gasteiger partial charge in [0.25, 0.3) is 0 Å². The van der Waals surface area contributed by atoms with Crippen LogP contribution in [0.2, 0.25) is 0 Å². The molecular weight excluding hydrogens is 216 g/mol. The largest absolute Gasteiger partial charge is 0.495 e. The molecule has 0 saturated heterocycles. The van der Waals surface area contributed by atoms with E-state index in [1.54, 1.807) is 7.11 Å². The van der Waals surface area contributed by atoms with E-state index in [0.717, 1.165) is 17.0 Å². The summed E-state index contributed by atoms with van der Waals surface area (Å²) in [6.45, 7) is 3.18. The molecule has 1 aromatic carbocycles. The number of hydrogen-bond acceptors (Lipinski definition) is 4. The lowest BCUT2D eigenvalue weighted by atomic mass is 10.2. The van der Waals surface area contributed by atoms with Gasteiger partial charge in [0.1, 0.15) is 5.75 Å². The summed E-state index contributed by atoms with van der Waals surface area (Å²) in [5.74, 6) is 0.799. The molecule has 0 heterocycles. The van der Waals surface area contributed by atoms with Gasteiger partial charge in [0.15, 0.2) is 0 Å². The van der Waals surface area contributed by atoms with E-state index in [9.17, 15) is 5.11 Å². The number of nitrogens with one attached hydrogen (secondary N) is 1. The van der Waals surface area contributed by atoms with Gasteiger partial charge in [-0.1, -0.05) is 6.07 Å². The van der Waals surface area contributed by atoms with Crippen LogP contribution >= 0.6 is 0 Å². The lowest BCUT2D eigenvalue weighted by Gasteiger charge is -2.18. The van der Waals surface area contributed by atoms with E-state index in [1.807, 2.05) is 44.1 Å². The number of anilines is 1. The molecule has 0 fully saturated rings. The standard InChI is InChI=1S/C13H22N2O2/c1-10-5-6-13(17-4)12(7-10)14-8-11(16)9-15(2)3/h5-7,11,14,16H,8-9H2,1-4H3. The van der Waals surface area contributed by atoms with E-state index in [4.69, 9.17) is 4.74 Å². The summed E-state index contributed by atoms with van der Waals surface area (Å²) in [5.41, 5.74) is 2.08. The zero-order valence-corrected chi connectivity index (χ0v) is 11.0. The van der Waals surface area contributed by atoms with Gasteiger partial charge in [-0.05, 0) is 38.7 Å². The molecule has 4 heteroatoms. The van der Waals surface area contributed by atoms with Crippen molar-refractivity contribution in [3.05, 3.63) is 23.8 Å². The minimum absolute atomic E-state index is 0.393. The Kier molecular flexibility index (Phi) is 5.25. The highest BCUT2D eigenvalue weighted by Gasteiger charge is 2.07. The molecule has 1 unspecified atom stereocenters. The Balaban J connectivity index is 2.58. The number of likely N-dealkylation sites (N-methyl/N-ethyl adjacent to an activating group) is 1. The second kappa shape index (κ2) is 6.47. The fourth-order valence-corrected chi connectivity index (χ4v) is 1.67. The van der Waals surface area contributed by atoms with Gasteiger partial charge >= 0.3 is 0 Å². The Bertz CT molecular complexity index is 353. The molecule has 96 valence electrons. The van der Waals surface area contributed by atoms with Crippen LogP contribution in [0.3, 0.4) is 0 Å². The van der Waals surface area contributed by atoms with Gasteiger partial charge in [-0.2, -0.15) is 0 Å². The Morgan fingerprint density at radius 2 is 2.12 bits per heavy atom. The molecule has 0 aliphatic rings. The summed E-state index contributed by atoms with van der Waals surface area (Å²) in [4.78, 5) is 1.96. The number of benzene rings is 1. The number of aryl methyl sites for hydroxylation is 1. The van der Waals surface area contributed by atoms with E-state index < -0.39 is 6.10 Å². The van der Waals surface area contributed by atoms with Crippen molar-refractivity contribution in [2.24, 2.45) is 0 Å². The van der Waals surface area contributed by atoms with Crippen LogP contribution in [0.1, 0.15) is 5.56 Å². The Morgan fingerprint density at radius 1 is 1.41 bits per heavy atom. The van der Waals surface area contributed by atoms with Gasteiger partial charge < -0.3 is 20.1 Å². The second-order valence-electron chi connectivity index (χ2n) is 4.50. The van der Waals surface area contributed by atoms with Crippen LogP contribution < -0.4 is 10.1 Å². The van der Waals surface area contributed by atoms with Crippen molar-refractivity contribution < 1.29 is 9.84 Å². The summed E-state index contributed by atoms with van der Waals surface area (Å²) >= 11 is 0. The molecule has 0 aliphatic heterocycles. The molecule has 2 N–H and O–H groups in total. The van der Waals surface area contributed by atoms with Crippen LogP contribution in [0, 0.1) is 6.92 Å². The molecular formula is C13H22N2O2. The topological polar surface area (TPSA) is 44.7 Å². The fraction of sp³-hybridized carbons (Fsp3) is 0.538. The third-order valence-corrected chi connectivity index (χ3v) is 2.46. The second-order valence-corrected chi connectivity index (χ2v) is 4.50. The monoisotopic (exact) mass is 238 g/mol. The van der Waals surface area contributed by atoms with Crippen molar-refractivity contribution in [1.82, 2.24) is 4.90 Å². The van der Waals surface area contributed by atoms with Gasteiger partial charge in [-0.3, -0.25) is 0 Å². The summed E-state index contributed by atoms with van der Waals surface area (Å²) in [5, 5.41) is 13.0. The molecule has 0 radical (unpaired) electrons. The average molecular weight is 238 g/mol. The van der Waals surface area contributed by atoms with Gasteiger partial charge in [0.2, 0.25) is 0 Å². The SMILES string of the molecule is COc1ccc(C)cc1NCC(O)CN(C)C. The zero-order chi connectivity index (χ0) is 12.8. The van der Waals surface area contributed by atoms with E-state index in [-0.39, 0.29) is 0 Å². The minimum atomic E-state index is -0.393. The fourth-order valence-electron chi connectivity index (χ4n) is 1.67. The summed E-state index contributed by atoms with van der Waals surface area (Å²) in [6.07, 6.45) is -0.393. The van der Waals surface area contributed by atoms with E-state index in [0.29, 0.717) is 13.1 Å². The van der Waals surface area contributed by atoms with Crippen molar-refractivity contribution in [2.75, 3.05) is 39.6 Å². The first kappa shape index (κ1) is 13.8. The number of methoxy groups -OCH3 is 1. The third-order valence-electron chi connectivity index (χ3n) is 2.46. The maximum absolute atomic E-state index is 9.77. The molecule has 0 amide bonds. The molecule has 0 aliphatic carbocycles. The number of hydrogen-bond donors (Lipinski definition) is 2. The van der Waals surface area contributed by atoms with Crippen LogP contribution in [0.4, 0.5) is 5.69 Å². The maximum Gasteiger partial charge on any atom is 0.141 e. The highest BCUT2D eigenvalue weighted by molar-refractivity contribution is 5.58. The molecule has 1 aromatic rings. The van der Waals surface area contributed by atoms with Crippen molar-refractivity contribution in [3.8, 4) is 5.75 Å². The highest BCUT2D eigenvalue weighted by atomic mass is 16.5. The Labute approximate surface area is 103 Å². The first-order valence-electron chi connectivity index (χ1n) is 5.74. The number of aliphatic hydroxyl groups excluding tert-OH is 1. The normalized spacial score (nSPS) is 12.6. The number of aliphatic hydroxyl groups is 1. The molecule has 1 atom stereocenters. The quantitative estimate of drug-likeness (QED) is 0.785. The van der Waals surface area contributed by atoms with E-state index in [1.165, 1.54) is 0 Å². The molecule has 17 heavy (non-hydrogen) atoms. The molecule has 0 aromatic heterocycles. The van der Waals surface area contributed by atoms with Crippen LogP contribution in [0.5, 0.6) is 5.75 Å². The molecule has 4 nitrogen and oxygen atoms in total. The first-order chi connectivity index (χ1) is 8.02. The number of ether oxygens (including phenoxy) is 1. The Hall–Kier alpha value is -1.26. The van der Waals surface area contributed by atoms with E-state index in [2.05, 4.69) is 5.32 Å². The van der Waals surface area contributed by atoms with E-state index >= 15 is 0 Å². The van der Waals surface area contributed by atoms with Gasteiger partial charge in [0.05, 0.1) is 18.9 Å². The molecule has 0 bridgehead atoms. The lowest BCUT2D eigenvalue weighted by Crippen LogP contribution is -2.31. The molecule has 0 saturated carbocycles. The summed E-state index contributed by atoms with van der Waals surface area (Å²) in [7, 11) is 5.53. The predicted molar refractivity (Wildman–Crippen MR) is 70.8 cm³/mol. The van der Waals surface area contributed by atoms with Crippen molar-refractivity contribution in [1.29, 1.82) is 0 Å².